The lowest BCUT2D eigenvalue weighted by Gasteiger charge is -2.19. The third kappa shape index (κ3) is 5.51. The van der Waals surface area contributed by atoms with Crippen LogP contribution in [0.4, 0.5) is 0 Å². The van der Waals surface area contributed by atoms with Gasteiger partial charge in [-0.25, -0.2) is 0 Å². The van der Waals surface area contributed by atoms with Crippen LogP contribution in [0.1, 0.15) is 13.3 Å². The second-order valence-corrected chi connectivity index (χ2v) is 4.80. The first kappa shape index (κ1) is 17.1. The summed E-state index contributed by atoms with van der Waals surface area (Å²) in [5.41, 5.74) is 5.55. The molecule has 2 N–H and O–H groups in total. The molecule has 0 aliphatic rings. The number of nitrogens with two attached hydrogens (primary N) is 1. The van der Waals surface area contributed by atoms with Crippen LogP contribution in [0.15, 0.2) is 18.2 Å². The molecule has 1 amide bonds. The van der Waals surface area contributed by atoms with Crippen LogP contribution >= 0.6 is 0 Å². The molecule has 1 atom stereocenters. The monoisotopic (exact) mass is 296 g/mol. The maximum absolute atomic E-state index is 11.6. The number of rotatable bonds is 8. The quantitative estimate of drug-likeness (QED) is 0.731. The molecule has 0 fully saturated rings. The van der Waals surface area contributed by atoms with Crippen molar-refractivity contribution in [2.75, 3.05) is 34.4 Å². The summed E-state index contributed by atoms with van der Waals surface area (Å²) in [6.45, 7) is 2.77. The van der Waals surface area contributed by atoms with Gasteiger partial charge in [0, 0.05) is 31.8 Å². The minimum atomic E-state index is -0.474. The van der Waals surface area contributed by atoms with E-state index in [2.05, 4.69) is 0 Å². The molecule has 0 heterocycles. The van der Waals surface area contributed by atoms with Crippen LogP contribution in [-0.2, 0) is 4.79 Å². The molecule has 6 nitrogen and oxygen atoms in total. The predicted octanol–water partition coefficient (Wildman–Crippen LogP) is 1.28. The van der Waals surface area contributed by atoms with E-state index in [1.54, 1.807) is 51.3 Å². The van der Waals surface area contributed by atoms with E-state index < -0.39 is 6.04 Å². The largest absolute Gasteiger partial charge is 0.496 e. The van der Waals surface area contributed by atoms with E-state index >= 15 is 0 Å². The molecule has 1 rings (SSSR count). The Labute approximate surface area is 125 Å². The van der Waals surface area contributed by atoms with Gasteiger partial charge in [-0.15, -0.1) is 0 Å². The summed E-state index contributed by atoms with van der Waals surface area (Å²) < 4.78 is 16.0. The van der Waals surface area contributed by atoms with Crippen LogP contribution in [0.3, 0.4) is 0 Å². The van der Waals surface area contributed by atoms with E-state index in [1.807, 2.05) is 0 Å². The lowest BCUT2D eigenvalue weighted by atomic mass is 10.3. The fourth-order valence-electron chi connectivity index (χ4n) is 1.81. The number of likely N-dealkylation sites (N-methyl/N-ethyl adjacent to an activating group) is 1. The van der Waals surface area contributed by atoms with Gasteiger partial charge in [-0.05, 0) is 13.3 Å². The molecule has 6 heteroatoms. The Balaban J connectivity index is 2.44. The van der Waals surface area contributed by atoms with Crippen LogP contribution in [0.2, 0.25) is 0 Å². The molecule has 0 aliphatic heterocycles. The van der Waals surface area contributed by atoms with Crippen molar-refractivity contribution in [3.8, 4) is 17.2 Å². The zero-order valence-electron chi connectivity index (χ0n) is 13.1. The van der Waals surface area contributed by atoms with Crippen molar-refractivity contribution in [3.63, 3.8) is 0 Å². The number of ether oxygens (including phenoxy) is 3. The fraction of sp³-hybridized carbons (Fsp3) is 0.533. The first-order chi connectivity index (χ1) is 9.97. The van der Waals surface area contributed by atoms with Crippen molar-refractivity contribution in [2.24, 2.45) is 5.73 Å². The van der Waals surface area contributed by atoms with Crippen LogP contribution in [0.25, 0.3) is 0 Å². The molecular weight excluding hydrogens is 272 g/mol. The number of carbonyl (C=O) groups is 1. The Morgan fingerprint density at radius 1 is 1.19 bits per heavy atom. The number of carbonyl (C=O) groups excluding carboxylic acids is 1. The minimum Gasteiger partial charge on any atom is -0.496 e. The zero-order valence-corrected chi connectivity index (χ0v) is 13.1. The van der Waals surface area contributed by atoms with Gasteiger partial charge < -0.3 is 24.8 Å². The third-order valence-corrected chi connectivity index (χ3v) is 3.00. The minimum absolute atomic E-state index is 0.0713. The van der Waals surface area contributed by atoms with Crippen LogP contribution in [-0.4, -0.2) is 51.3 Å². The second-order valence-electron chi connectivity index (χ2n) is 4.80. The van der Waals surface area contributed by atoms with E-state index in [9.17, 15) is 4.79 Å². The predicted molar refractivity (Wildman–Crippen MR) is 80.9 cm³/mol. The van der Waals surface area contributed by atoms with Gasteiger partial charge in [0.25, 0.3) is 0 Å². The molecule has 0 unspecified atom stereocenters. The van der Waals surface area contributed by atoms with Gasteiger partial charge >= 0.3 is 0 Å². The van der Waals surface area contributed by atoms with E-state index in [-0.39, 0.29) is 5.91 Å². The van der Waals surface area contributed by atoms with Gasteiger partial charge in [-0.1, -0.05) is 0 Å². The summed E-state index contributed by atoms with van der Waals surface area (Å²) in [5, 5.41) is 0. The van der Waals surface area contributed by atoms with Gasteiger partial charge in [-0.2, -0.15) is 0 Å². The molecule has 0 spiro atoms. The van der Waals surface area contributed by atoms with Crippen molar-refractivity contribution in [1.82, 2.24) is 4.90 Å². The Morgan fingerprint density at radius 3 is 2.19 bits per heavy atom. The molecule has 0 aromatic heterocycles. The molecule has 0 aliphatic carbocycles. The van der Waals surface area contributed by atoms with E-state index in [1.165, 1.54) is 0 Å². The van der Waals surface area contributed by atoms with Crippen LogP contribution in [0.5, 0.6) is 17.2 Å². The van der Waals surface area contributed by atoms with Gasteiger partial charge in [0.2, 0.25) is 5.91 Å². The highest BCUT2D eigenvalue weighted by Crippen LogP contribution is 2.27. The van der Waals surface area contributed by atoms with Crippen molar-refractivity contribution >= 4 is 5.91 Å². The normalized spacial score (nSPS) is 11.7. The molecule has 1 aromatic carbocycles. The lowest BCUT2D eigenvalue weighted by Crippen LogP contribution is -2.40. The van der Waals surface area contributed by atoms with E-state index in [0.717, 1.165) is 0 Å². The maximum atomic E-state index is 11.6. The first-order valence-corrected chi connectivity index (χ1v) is 6.84. The standard InChI is InChI=1S/C15H24N2O4/c1-11(16)15(18)17(2)6-5-7-21-14-9-12(19-3)8-13(10-14)20-4/h8-11H,5-7,16H2,1-4H3/t11-/m0/s1. The highest BCUT2D eigenvalue weighted by atomic mass is 16.5. The molecule has 0 bridgehead atoms. The molecule has 118 valence electrons. The SMILES string of the molecule is COc1cc(OC)cc(OCCCN(C)C(=O)[C@H](C)N)c1. The molecule has 21 heavy (non-hydrogen) atoms. The van der Waals surface area contributed by atoms with Crippen molar-refractivity contribution in [3.05, 3.63) is 18.2 Å². The Bertz CT molecular complexity index is 441. The third-order valence-electron chi connectivity index (χ3n) is 3.00. The van der Waals surface area contributed by atoms with Gasteiger partial charge in [0.05, 0.1) is 26.9 Å². The van der Waals surface area contributed by atoms with E-state index in [0.29, 0.717) is 36.8 Å². The number of hydrogen-bond donors (Lipinski definition) is 1. The van der Waals surface area contributed by atoms with Gasteiger partial charge in [0.1, 0.15) is 17.2 Å². The Hall–Kier alpha value is -1.95. The second kappa shape index (κ2) is 8.36. The smallest absolute Gasteiger partial charge is 0.238 e. The van der Waals surface area contributed by atoms with Crippen molar-refractivity contribution in [2.45, 2.75) is 19.4 Å². The van der Waals surface area contributed by atoms with Crippen LogP contribution in [0, 0.1) is 0 Å². The average molecular weight is 296 g/mol. The van der Waals surface area contributed by atoms with E-state index in [4.69, 9.17) is 19.9 Å². The molecular formula is C15H24N2O4. The van der Waals surface area contributed by atoms with Gasteiger partial charge in [0.15, 0.2) is 0 Å². The summed E-state index contributed by atoms with van der Waals surface area (Å²) in [6, 6.07) is 4.89. The zero-order chi connectivity index (χ0) is 15.8. The number of nitrogens with zero attached hydrogens (tertiary/aromatic N) is 1. The summed E-state index contributed by atoms with van der Waals surface area (Å²) in [7, 11) is 4.92. The summed E-state index contributed by atoms with van der Waals surface area (Å²) >= 11 is 0. The van der Waals surface area contributed by atoms with Gasteiger partial charge in [-0.3, -0.25) is 4.79 Å². The number of benzene rings is 1. The Kier molecular flexibility index (Phi) is 6.81. The highest BCUT2D eigenvalue weighted by molar-refractivity contribution is 5.80. The fourth-order valence-corrected chi connectivity index (χ4v) is 1.81. The first-order valence-electron chi connectivity index (χ1n) is 6.84. The molecule has 0 saturated heterocycles. The van der Waals surface area contributed by atoms with Crippen molar-refractivity contribution in [1.29, 1.82) is 0 Å². The summed E-state index contributed by atoms with van der Waals surface area (Å²) in [4.78, 5) is 13.2. The summed E-state index contributed by atoms with van der Waals surface area (Å²) in [6.07, 6.45) is 0.717. The highest BCUT2D eigenvalue weighted by Gasteiger charge is 2.12. The topological polar surface area (TPSA) is 74.0 Å². The Morgan fingerprint density at radius 2 is 1.71 bits per heavy atom. The molecule has 0 saturated carbocycles. The molecule has 1 aromatic rings. The average Bonchev–Trinajstić information content (AvgIpc) is 2.49. The summed E-state index contributed by atoms with van der Waals surface area (Å²) in [5.74, 6) is 1.95. The van der Waals surface area contributed by atoms with Crippen LogP contribution < -0.4 is 19.9 Å². The number of methoxy groups -OCH3 is 2. The van der Waals surface area contributed by atoms with Crippen molar-refractivity contribution < 1.29 is 19.0 Å². The molecule has 0 radical (unpaired) electrons. The number of hydrogen-bond acceptors (Lipinski definition) is 5. The maximum Gasteiger partial charge on any atom is 0.238 e. The lowest BCUT2D eigenvalue weighted by molar-refractivity contribution is -0.130. The number of amides is 1.